The van der Waals surface area contributed by atoms with Gasteiger partial charge in [0.2, 0.25) is 5.78 Å². The van der Waals surface area contributed by atoms with Gasteiger partial charge in [0, 0.05) is 19.2 Å². The van der Waals surface area contributed by atoms with Crippen LogP contribution in [-0.2, 0) is 15.0 Å². The van der Waals surface area contributed by atoms with E-state index in [0.29, 0.717) is 5.69 Å². The number of aryl methyl sites for hydroxylation is 2. The zero-order chi connectivity index (χ0) is 22.9. The van der Waals surface area contributed by atoms with E-state index in [1.807, 2.05) is 45.0 Å². The maximum Gasteiger partial charge on any atom is 0.285 e. The molecule has 0 radical (unpaired) electrons. The number of nitrogens with zero attached hydrogens (tertiary/aromatic N) is 1. The van der Waals surface area contributed by atoms with Crippen molar-refractivity contribution in [2.24, 2.45) is 5.73 Å². The molecule has 2 aromatic carbocycles. The Morgan fingerprint density at radius 3 is 2.39 bits per heavy atom. The third-order valence-corrected chi connectivity index (χ3v) is 6.32. The van der Waals surface area contributed by atoms with Crippen molar-refractivity contribution in [3.8, 4) is 0 Å². The minimum absolute atomic E-state index is 0.219. The van der Waals surface area contributed by atoms with Crippen LogP contribution < -0.4 is 10.6 Å². The Labute approximate surface area is 182 Å². The van der Waals surface area contributed by atoms with Crippen molar-refractivity contribution in [2.75, 3.05) is 11.9 Å². The van der Waals surface area contributed by atoms with Gasteiger partial charge in [-0.15, -0.1) is 5.73 Å². The fourth-order valence-corrected chi connectivity index (χ4v) is 4.64. The van der Waals surface area contributed by atoms with E-state index in [0.717, 1.165) is 33.5 Å². The number of para-hydroxylation sites is 1. The largest absolute Gasteiger partial charge is 0.363 e. The second kappa shape index (κ2) is 8.37. The second-order valence-electron chi connectivity index (χ2n) is 8.16. The highest BCUT2D eigenvalue weighted by Gasteiger charge is 2.49. The van der Waals surface area contributed by atoms with Crippen LogP contribution in [0.2, 0.25) is 0 Å². The van der Waals surface area contributed by atoms with Crippen LogP contribution in [0.4, 0.5) is 10.1 Å². The Morgan fingerprint density at radius 2 is 1.77 bits per heavy atom. The number of carbonyl (C=O) groups excluding carboxylic acids is 2. The lowest BCUT2D eigenvalue weighted by atomic mass is 9.71. The molecule has 1 amide bonds. The third kappa shape index (κ3) is 3.73. The minimum atomic E-state index is -1.16. The summed E-state index contributed by atoms with van der Waals surface area (Å²) in [4.78, 5) is 27.2. The summed E-state index contributed by atoms with van der Waals surface area (Å²) in [6.45, 7) is 9.41. The van der Waals surface area contributed by atoms with Gasteiger partial charge in [0.25, 0.3) is 5.91 Å². The highest BCUT2D eigenvalue weighted by atomic mass is 19.1. The van der Waals surface area contributed by atoms with E-state index in [1.165, 1.54) is 6.07 Å². The average molecular weight is 419 g/mol. The zero-order valence-corrected chi connectivity index (χ0v) is 18.4. The van der Waals surface area contributed by atoms with Crippen molar-refractivity contribution in [1.29, 1.82) is 0 Å². The fraction of sp³-hybridized carbons (Fsp3) is 0.269. The van der Waals surface area contributed by atoms with Gasteiger partial charge in [0.05, 0.1) is 11.1 Å². The van der Waals surface area contributed by atoms with E-state index in [-0.39, 0.29) is 18.7 Å². The summed E-state index contributed by atoms with van der Waals surface area (Å²) in [5.74, 6) is -1.99. The van der Waals surface area contributed by atoms with Crippen LogP contribution >= 0.6 is 0 Å². The quantitative estimate of drug-likeness (QED) is 0.552. The van der Waals surface area contributed by atoms with Crippen molar-refractivity contribution in [3.05, 3.63) is 94.1 Å². The number of amides is 1. The Bertz CT molecular complexity index is 1140. The summed E-state index contributed by atoms with van der Waals surface area (Å²) < 4.78 is 14.7. The Kier molecular flexibility index (Phi) is 6.01. The van der Waals surface area contributed by atoms with Gasteiger partial charge >= 0.3 is 0 Å². The van der Waals surface area contributed by atoms with Gasteiger partial charge < -0.3 is 10.6 Å². The molecule has 0 aliphatic heterocycles. The van der Waals surface area contributed by atoms with E-state index in [2.05, 4.69) is 12.3 Å². The standard InChI is InChI=1S/C26H27FN2O2/c1-6-9-19-14-26(24(30)25(28)31,20-12-7-10-16(2)18(20)4)15-22(19)29(5)23-17(3)11-8-13-21(23)27/h7-13H,1,14-15H2,2-5H3,(H2,28,31)/t26-/m0/s1. The van der Waals surface area contributed by atoms with Crippen molar-refractivity contribution < 1.29 is 14.0 Å². The highest BCUT2D eigenvalue weighted by molar-refractivity contribution is 6.39. The summed E-state index contributed by atoms with van der Waals surface area (Å²) in [7, 11) is 1.77. The molecule has 31 heavy (non-hydrogen) atoms. The first kappa shape index (κ1) is 22.3. The van der Waals surface area contributed by atoms with Gasteiger partial charge in [-0.25, -0.2) is 4.39 Å². The van der Waals surface area contributed by atoms with Gasteiger partial charge in [0.15, 0.2) is 0 Å². The molecule has 2 aromatic rings. The first-order chi connectivity index (χ1) is 14.6. The number of nitrogens with two attached hydrogens (primary N) is 1. The molecule has 4 nitrogen and oxygen atoms in total. The summed E-state index contributed by atoms with van der Waals surface area (Å²) in [5.41, 5.74) is 12.5. The summed E-state index contributed by atoms with van der Waals surface area (Å²) in [6, 6.07) is 10.6. The monoisotopic (exact) mass is 418 g/mol. The van der Waals surface area contributed by atoms with E-state index in [4.69, 9.17) is 5.73 Å². The number of carbonyl (C=O) groups is 2. The number of rotatable bonds is 6. The van der Waals surface area contributed by atoms with E-state index < -0.39 is 17.1 Å². The van der Waals surface area contributed by atoms with Crippen molar-refractivity contribution >= 4 is 17.4 Å². The topological polar surface area (TPSA) is 63.4 Å². The molecule has 0 aromatic heterocycles. The Balaban J connectivity index is 2.23. The molecule has 0 heterocycles. The fourth-order valence-electron chi connectivity index (χ4n) is 4.64. The number of primary amides is 1. The first-order valence-corrected chi connectivity index (χ1v) is 10.1. The molecule has 0 unspecified atom stereocenters. The molecule has 160 valence electrons. The first-order valence-electron chi connectivity index (χ1n) is 10.1. The van der Waals surface area contributed by atoms with Crippen molar-refractivity contribution in [2.45, 2.75) is 39.0 Å². The second-order valence-corrected chi connectivity index (χ2v) is 8.16. The van der Waals surface area contributed by atoms with Gasteiger partial charge in [-0.1, -0.05) is 36.9 Å². The Hall–Kier alpha value is -3.43. The van der Waals surface area contributed by atoms with Crippen LogP contribution in [0.25, 0.3) is 0 Å². The van der Waals surface area contributed by atoms with Gasteiger partial charge in [-0.05, 0) is 67.2 Å². The van der Waals surface area contributed by atoms with Crippen LogP contribution in [0.5, 0.6) is 0 Å². The molecule has 1 aliphatic carbocycles. The predicted octanol–water partition coefficient (Wildman–Crippen LogP) is 4.57. The molecule has 2 N–H and O–H groups in total. The predicted molar refractivity (Wildman–Crippen MR) is 121 cm³/mol. The molecule has 0 bridgehead atoms. The average Bonchev–Trinajstić information content (AvgIpc) is 3.09. The van der Waals surface area contributed by atoms with E-state index in [9.17, 15) is 14.0 Å². The van der Waals surface area contributed by atoms with Crippen LogP contribution in [0.15, 0.2) is 66.1 Å². The molecule has 0 fully saturated rings. The van der Waals surface area contributed by atoms with Gasteiger partial charge in [0.1, 0.15) is 5.82 Å². The summed E-state index contributed by atoms with van der Waals surface area (Å²) >= 11 is 0. The van der Waals surface area contributed by atoms with Gasteiger partial charge in [-0.2, -0.15) is 0 Å². The smallest absolute Gasteiger partial charge is 0.285 e. The van der Waals surface area contributed by atoms with Crippen molar-refractivity contribution in [1.82, 2.24) is 0 Å². The lowest BCUT2D eigenvalue weighted by molar-refractivity contribution is -0.139. The molecule has 5 heteroatoms. The SMILES string of the molecule is C=C=CC1=C(N(C)c2c(C)cccc2F)C[C@](C(=O)C(N)=O)(c2cccc(C)c2C)C1. The van der Waals surface area contributed by atoms with Crippen LogP contribution in [0, 0.1) is 26.6 Å². The number of hydrogen-bond donors (Lipinski definition) is 1. The van der Waals surface area contributed by atoms with E-state index >= 15 is 0 Å². The normalized spacial score (nSPS) is 18.0. The number of halogens is 1. The maximum atomic E-state index is 14.7. The molecule has 0 saturated carbocycles. The Morgan fingerprint density at radius 1 is 1.13 bits per heavy atom. The molecule has 3 rings (SSSR count). The third-order valence-electron chi connectivity index (χ3n) is 6.32. The lowest BCUT2D eigenvalue weighted by Crippen LogP contribution is -2.43. The molecular weight excluding hydrogens is 391 g/mol. The summed E-state index contributed by atoms with van der Waals surface area (Å²) in [6.07, 6.45) is 2.18. The van der Waals surface area contributed by atoms with Gasteiger partial charge in [-0.3, -0.25) is 9.59 Å². The lowest BCUT2D eigenvalue weighted by Gasteiger charge is -2.31. The molecule has 0 saturated heterocycles. The van der Waals surface area contributed by atoms with Crippen LogP contribution in [0.3, 0.4) is 0 Å². The minimum Gasteiger partial charge on any atom is -0.363 e. The molecular formula is C26H27FN2O2. The van der Waals surface area contributed by atoms with Crippen LogP contribution in [0.1, 0.15) is 35.1 Å². The number of ketones is 1. The van der Waals surface area contributed by atoms with Crippen LogP contribution in [-0.4, -0.2) is 18.7 Å². The summed E-state index contributed by atoms with van der Waals surface area (Å²) in [5, 5.41) is 0. The van der Waals surface area contributed by atoms with Crippen molar-refractivity contribution in [3.63, 3.8) is 0 Å². The molecule has 1 atom stereocenters. The number of benzene rings is 2. The number of anilines is 1. The number of allylic oxidation sites excluding steroid dienone is 3. The number of Topliss-reactive ketones (excluding diaryl/α,β-unsaturated/α-hetero) is 1. The highest BCUT2D eigenvalue weighted by Crippen LogP contribution is 2.48. The molecule has 0 spiro atoms. The van der Waals surface area contributed by atoms with E-state index in [1.54, 1.807) is 24.1 Å². The number of hydrogen-bond acceptors (Lipinski definition) is 3. The molecule has 1 aliphatic rings. The maximum absolute atomic E-state index is 14.7. The zero-order valence-electron chi connectivity index (χ0n) is 18.4.